The molecule has 2 aliphatic rings. The van der Waals surface area contributed by atoms with Gasteiger partial charge in [0.25, 0.3) is 0 Å². The average Bonchev–Trinajstić information content (AvgIpc) is 3.29. The molecule has 0 atom stereocenters. The van der Waals surface area contributed by atoms with Crippen molar-refractivity contribution in [2.75, 3.05) is 69.1 Å². The summed E-state index contributed by atoms with van der Waals surface area (Å²) in [5.74, 6) is 1.66. The monoisotopic (exact) mass is 446 g/mol. The van der Waals surface area contributed by atoms with Crippen molar-refractivity contribution >= 4 is 33.9 Å². The van der Waals surface area contributed by atoms with E-state index < -0.39 is 0 Å². The van der Waals surface area contributed by atoms with Gasteiger partial charge in [-0.15, -0.1) is 0 Å². The summed E-state index contributed by atoms with van der Waals surface area (Å²) in [6, 6.07) is 15.9. The van der Waals surface area contributed by atoms with E-state index in [2.05, 4.69) is 34.3 Å². The molecule has 0 aliphatic carbocycles. The van der Waals surface area contributed by atoms with Gasteiger partial charge in [0.15, 0.2) is 0 Å². The van der Waals surface area contributed by atoms with Gasteiger partial charge in [0.1, 0.15) is 11.5 Å². The number of fused-ring (bicyclic) bond motifs is 3. The van der Waals surface area contributed by atoms with Crippen molar-refractivity contribution < 1.29 is 14.3 Å². The van der Waals surface area contributed by atoms with E-state index in [0.717, 1.165) is 66.5 Å². The Balaban J connectivity index is 1.38. The maximum atomic E-state index is 13.2. The summed E-state index contributed by atoms with van der Waals surface area (Å²) in [7, 11) is 5.50. The number of rotatable bonds is 4. The molecular weight excluding hydrogens is 416 g/mol. The van der Waals surface area contributed by atoms with Gasteiger partial charge < -0.3 is 24.6 Å². The number of likely N-dealkylation sites (N-methyl/N-ethyl adjacent to an activating group) is 1. The highest BCUT2D eigenvalue weighted by Gasteiger charge is 2.27. The van der Waals surface area contributed by atoms with E-state index in [-0.39, 0.29) is 6.03 Å². The molecule has 7 heteroatoms. The lowest BCUT2D eigenvalue weighted by Gasteiger charge is -2.35. The van der Waals surface area contributed by atoms with E-state index in [4.69, 9.17) is 9.47 Å². The second-order valence-electron chi connectivity index (χ2n) is 8.66. The minimum absolute atomic E-state index is 0.115. The van der Waals surface area contributed by atoms with Crippen LogP contribution in [0.2, 0.25) is 0 Å². The zero-order chi connectivity index (χ0) is 22.9. The maximum absolute atomic E-state index is 13.2. The average molecular weight is 447 g/mol. The standard InChI is InChI=1S/C26H30N4O3/c1-28-12-14-29(15-13-28)24-17-19(5-9-25(24)33-3)27-26(31)30-11-10-22-21-7-6-20(32-2)16-18(21)4-8-23(22)30/h4-9,16-17H,10-15H2,1-3H3,(H,27,31). The molecule has 0 spiro atoms. The molecule has 0 unspecified atom stereocenters. The minimum atomic E-state index is -0.115. The van der Waals surface area contributed by atoms with Crippen LogP contribution in [-0.4, -0.2) is 64.9 Å². The molecule has 0 aromatic heterocycles. The summed E-state index contributed by atoms with van der Waals surface area (Å²) < 4.78 is 11.0. The Hall–Kier alpha value is -3.45. The van der Waals surface area contributed by atoms with Crippen molar-refractivity contribution in [3.8, 4) is 11.5 Å². The molecule has 0 radical (unpaired) electrons. The van der Waals surface area contributed by atoms with E-state index in [9.17, 15) is 4.79 Å². The van der Waals surface area contributed by atoms with Gasteiger partial charge in [0.05, 0.1) is 19.9 Å². The summed E-state index contributed by atoms with van der Waals surface area (Å²) in [4.78, 5) is 19.7. The fourth-order valence-electron chi connectivity index (χ4n) is 4.81. The van der Waals surface area contributed by atoms with Gasteiger partial charge in [-0.3, -0.25) is 4.90 Å². The van der Waals surface area contributed by atoms with Crippen LogP contribution in [0.15, 0.2) is 48.5 Å². The fraction of sp³-hybridized carbons (Fsp3) is 0.346. The molecule has 1 N–H and O–H groups in total. The molecule has 2 heterocycles. The first-order valence-electron chi connectivity index (χ1n) is 11.4. The van der Waals surface area contributed by atoms with Crippen LogP contribution in [0.5, 0.6) is 11.5 Å². The molecule has 2 aliphatic heterocycles. The number of methoxy groups -OCH3 is 2. The third kappa shape index (κ3) is 4.04. The molecule has 33 heavy (non-hydrogen) atoms. The predicted molar refractivity (Wildman–Crippen MR) is 133 cm³/mol. The Kier molecular flexibility index (Phi) is 5.72. The zero-order valence-electron chi connectivity index (χ0n) is 19.4. The summed E-state index contributed by atoms with van der Waals surface area (Å²) in [6.07, 6.45) is 0.835. The highest BCUT2D eigenvalue weighted by Crippen LogP contribution is 2.37. The first kappa shape index (κ1) is 21.4. The third-order valence-electron chi connectivity index (χ3n) is 6.71. The molecule has 7 nitrogen and oxygen atoms in total. The van der Waals surface area contributed by atoms with Gasteiger partial charge >= 0.3 is 6.03 Å². The molecule has 3 aromatic rings. The summed E-state index contributed by atoms with van der Waals surface area (Å²) in [6.45, 7) is 4.53. The summed E-state index contributed by atoms with van der Waals surface area (Å²) in [5, 5.41) is 5.40. The van der Waals surface area contributed by atoms with Crippen LogP contribution < -0.4 is 24.6 Å². The number of benzene rings is 3. The Labute approximate surface area is 194 Å². The molecule has 2 amide bonds. The number of hydrogen-bond donors (Lipinski definition) is 1. The molecule has 172 valence electrons. The van der Waals surface area contributed by atoms with Crippen molar-refractivity contribution in [3.63, 3.8) is 0 Å². The molecule has 3 aromatic carbocycles. The second kappa shape index (κ2) is 8.83. The number of ether oxygens (including phenoxy) is 2. The molecule has 1 fully saturated rings. The summed E-state index contributed by atoms with van der Waals surface area (Å²) in [5.41, 5.74) is 3.97. The molecule has 5 rings (SSSR count). The quantitative estimate of drug-likeness (QED) is 0.651. The molecule has 1 saturated heterocycles. The van der Waals surface area contributed by atoms with Crippen LogP contribution in [0.25, 0.3) is 10.8 Å². The number of piperazine rings is 1. The van der Waals surface area contributed by atoms with Gasteiger partial charge in [-0.25, -0.2) is 4.79 Å². The van der Waals surface area contributed by atoms with Crippen molar-refractivity contribution in [1.82, 2.24) is 4.90 Å². The lowest BCUT2D eigenvalue weighted by atomic mass is 10.0. The van der Waals surface area contributed by atoms with E-state index in [1.54, 1.807) is 14.2 Å². The highest BCUT2D eigenvalue weighted by molar-refractivity contribution is 6.06. The number of amides is 2. The number of nitrogens with one attached hydrogen (secondary N) is 1. The first-order valence-corrected chi connectivity index (χ1v) is 11.4. The Morgan fingerprint density at radius 3 is 2.45 bits per heavy atom. The molecule has 0 saturated carbocycles. The first-order chi connectivity index (χ1) is 16.1. The van der Waals surface area contributed by atoms with E-state index >= 15 is 0 Å². The van der Waals surface area contributed by atoms with Gasteiger partial charge in [0, 0.05) is 44.1 Å². The van der Waals surface area contributed by atoms with Crippen molar-refractivity contribution in [3.05, 3.63) is 54.1 Å². The Bertz CT molecular complexity index is 1190. The van der Waals surface area contributed by atoms with Gasteiger partial charge in [-0.2, -0.15) is 0 Å². The van der Waals surface area contributed by atoms with Crippen molar-refractivity contribution in [2.24, 2.45) is 0 Å². The number of anilines is 3. The van der Waals surface area contributed by atoms with Crippen LogP contribution in [0, 0.1) is 0 Å². The topological polar surface area (TPSA) is 57.3 Å². The minimum Gasteiger partial charge on any atom is -0.497 e. The third-order valence-corrected chi connectivity index (χ3v) is 6.71. The highest BCUT2D eigenvalue weighted by atomic mass is 16.5. The van der Waals surface area contributed by atoms with E-state index in [0.29, 0.717) is 6.54 Å². The Morgan fingerprint density at radius 2 is 1.70 bits per heavy atom. The predicted octanol–water partition coefficient (Wildman–Crippen LogP) is 4.20. The number of carbonyl (C=O) groups is 1. The lowest BCUT2D eigenvalue weighted by Crippen LogP contribution is -2.44. The normalized spacial score (nSPS) is 16.1. The largest absolute Gasteiger partial charge is 0.497 e. The SMILES string of the molecule is COc1ccc2c3c(ccc2c1)N(C(=O)Nc1ccc(OC)c(N2CCN(C)CC2)c1)CC3. The number of urea groups is 1. The number of carbonyl (C=O) groups excluding carboxylic acids is 1. The van der Waals surface area contributed by atoms with Crippen LogP contribution in [-0.2, 0) is 6.42 Å². The smallest absolute Gasteiger partial charge is 0.326 e. The fourth-order valence-corrected chi connectivity index (χ4v) is 4.81. The van der Waals surface area contributed by atoms with Gasteiger partial charge in [0.2, 0.25) is 0 Å². The van der Waals surface area contributed by atoms with Gasteiger partial charge in [-0.1, -0.05) is 12.1 Å². The number of hydrogen-bond acceptors (Lipinski definition) is 5. The van der Waals surface area contributed by atoms with Gasteiger partial charge in [-0.05, 0) is 66.2 Å². The van der Waals surface area contributed by atoms with Crippen LogP contribution in [0.3, 0.4) is 0 Å². The Morgan fingerprint density at radius 1 is 0.879 bits per heavy atom. The van der Waals surface area contributed by atoms with Crippen LogP contribution in [0.1, 0.15) is 5.56 Å². The molecule has 0 bridgehead atoms. The summed E-state index contributed by atoms with van der Waals surface area (Å²) >= 11 is 0. The van der Waals surface area contributed by atoms with Crippen molar-refractivity contribution in [1.29, 1.82) is 0 Å². The maximum Gasteiger partial charge on any atom is 0.326 e. The lowest BCUT2D eigenvalue weighted by molar-refractivity contribution is 0.257. The zero-order valence-corrected chi connectivity index (χ0v) is 19.4. The van der Waals surface area contributed by atoms with Crippen LogP contribution in [0.4, 0.5) is 21.9 Å². The van der Waals surface area contributed by atoms with Crippen molar-refractivity contribution in [2.45, 2.75) is 6.42 Å². The van der Waals surface area contributed by atoms with E-state index in [1.165, 1.54) is 10.9 Å². The second-order valence-corrected chi connectivity index (χ2v) is 8.66. The molecular formula is C26H30N4O3. The van der Waals surface area contributed by atoms with E-state index in [1.807, 2.05) is 41.3 Å². The number of nitrogens with zero attached hydrogens (tertiary/aromatic N) is 3. The van der Waals surface area contributed by atoms with Crippen LogP contribution >= 0.6 is 0 Å².